The van der Waals surface area contributed by atoms with Crippen LogP contribution in [-0.2, 0) is 0 Å². The van der Waals surface area contributed by atoms with Crippen molar-refractivity contribution >= 4 is 15.9 Å². The summed E-state index contributed by atoms with van der Waals surface area (Å²) in [7, 11) is 0. The molecule has 21 heavy (non-hydrogen) atoms. The first-order chi connectivity index (χ1) is 10.1. The molecule has 0 aliphatic rings. The highest BCUT2D eigenvalue weighted by Crippen LogP contribution is 2.25. The Morgan fingerprint density at radius 1 is 1.33 bits per heavy atom. The van der Waals surface area contributed by atoms with Gasteiger partial charge in [0.05, 0.1) is 4.47 Å². The zero-order valence-corrected chi connectivity index (χ0v) is 14.8. The highest BCUT2D eigenvalue weighted by atomic mass is 79.9. The minimum Gasteiger partial charge on any atom is -0.490 e. The molecule has 0 saturated carbocycles. The van der Waals surface area contributed by atoms with Gasteiger partial charge in [0, 0.05) is 19.6 Å². The summed E-state index contributed by atoms with van der Waals surface area (Å²) in [5, 5.41) is 13.2. The lowest BCUT2D eigenvalue weighted by Gasteiger charge is -2.19. The Balaban J connectivity index is 2.20. The van der Waals surface area contributed by atoms with Crippen LogP contribution < -0.4 is 10.1 Å². The van der Waals surface area contributed by atoms with E-state index < -0.39 is 6.10 Å². The zero-order chi connectivity index (χ0) is 15.7. The molecule has 1 aromatic rings. The number of nitrogens with one attached hydrogen (secondary N) is 1. The number of hydrogen-bond donors (Lipinski definition) is 2. The number of benzene rings is 1. The minimum atomic E-state index is -0.505. The van der Waals surface area contributed by atoms with Gasteiger partial charge in [-0.3, -0.25) is 0 Å². The van der Waals surface area contributed by atoms with Crippen LogP contribution in [0.25, 0.3) is 0 Å². The third kappa shape index (κ3) is 7.27. The maximum absolute atomic E-state index is 9.92. The molecule has 120 valence electrons. The Labute approximate surface area is 136 Å². The van der Waals surface area contributed by atoms with E-state index >= 15 is 0 Å². The summed E-state index contributed by atoms with van der Waals surface area (Å²) in [6, 6.07) is 5.92. The fraction of sp³-hybridized carbons (Fsp3) is 0.625. The van der Waals surface area contributed by atoms with Crippen LogP contribution in [0.5, 0.6) is 5.75 Å². The van der Waals surface area contributed by atoms with E-state index in [1.54, 1.807) is 0 Å². The van der Waals surface area contributed by atoms with E-state index in [0.29, 0.717) is 13.2 Å². The van der Waals surface area contributed by atoms with E-state index in [1.807, 2.05) is 25.1 Å². The molecule has 4 nitrogen and oxygen atoms in total. The lowest BCUT2D eigenvalue weighted by Crippen LogP contribution is -2.37. The van der Waals surface area contributed by atoms with Gasteiger partial charge in [0.15, 0.2) is 0 Å². The van der Waals surface area contributed by atoms with E-state index in [-0.39, 0.29) is 0 Å². The first-order valence-electron chi connectivity index (χ1n) is 7.56. The Morgan fingerprint density at radius 2 is 2.05 bits per heavy atom. The van der Waals surface area contributed by atoms with E-state index in [1.165, 1.54) is 5.56 Å². The third-order valence-corrected chi connectivity index (χ3v) is 4.02. The van der Waals surface area contributed by atoms with Crippen molar-refractivity contribution in [3.05, 3.63) is 28.2 Å². The van der Waals surface area contributed by atoms with Crippen molar-refractivity contribution in [1.82, 2.24) is 10.2 Å². The van der Waals surface area contributed by atoms with Gasteiger partial charge in [-0.25, -0.2) is 0 Å². The van der Waals surface area contributed by atoms with Crippen molar-refractivity contribution in [1.29, 1.82) is 0 Å². The summed E-state index contributed by atoms with van der Waals surface area (Å²) >= 11 is 3.47. The van der Waals surface area contributed by atoms with Crippen LogP contribution in [0.2, 0.25) is 0 Å². The molecule has 5 heteroatoms. The van der Waals surface area contributed by atoms with Gasteiger partial charge in [0.25, 0.3) is 0 Å². The highest BCUT2D eigenvalue weighted by Gasteiger charge is 2.07. The molecular weight excluding hydrogens is 332 g/mol. The van der Waals surface area contributed by atoms with Gasteiger partial charge < -0.3 is 20.1 Å². The van der Waals surface area contributed by atoms with Gasteiger partial charge in [-0.15, -0.1) is 0 Å². The maximum atomic E-state index is 9.92. The predicted molar refractivity (Wildman–Crippen MR) is 91.0 cm³/mol. The quantitative estimate of drug-likeness (QED) is 0.630. The van der Waals surface area contributed by atoms with Gasteiger partial charge >= 0.3 is 0 Å². The predicted octanol–water partition coefficient (Wildman–Crippen LogP) is 2.43. The molecule has 0 amide bonds. The van der Waals surface area contributed by atoms with E-state index in [4.69, 9.17) is 4.74 Å². The Bertz CT molecular complexity index is 411. The third-order valence-electron chi connectivity index (χ3n) is 3.40. The van der Waals surface area contributed by atoms with Crippen molar-refractivity contribution in [2.45, 2.75) is 26.9 Å². The Hall–Kier alpha value is -0.620. The molecule has 1 aromatic carbocycles. The van der Waals surface area contributed by atoms with Crippen molar-refractivity contribution in [3.63, 3.8) is 0 Å². The molecule has 0 bridgehead atoms. The normalized spacial score (nSPS) is 12.7. The fourth-order valence-electron chi connectivity index (χ4n) is 2.01. The topological polar surface area (TPSA) is 44.7 Å². The monoisotopic (exact) mass is 358 g/mol. The van der Waals surface area contributed by atoms with E-state index in [0.717, 1.165) is 36.4 Å². The Morgan fingerprint density at radius 3 is 2.67 bits per heavy atom. The van der Waals surface area contributed by atoms with Crippen LogP contribution in [-0.4, -0.2) is 55.4 Å². The number of ether oxygens (including phenoxy) is 1. The van der Waals surface area contributed by atoms with Crippen LogP contribution in [0.4, 0.5) is 0 Å². The molecule has 0 aliphatic heterocycles. The Kier molecular flexibility index (Phi) is 8.92. The summed E-state index contributed by atoms with van der Waals surface area (Å²) in [5.74, 6) is 0.766. The van der Waals surface area contributed by atoms with Crippen LogP contribution >= 0.6 is 15.9 Å². The lowest BCUT2D eigenvalue weighted by molar-refractivity contribution is 0.105. The van der Waals surface area contributed by atoms with Crippen molar-refractivity contribution in [2.75, 3.05) is 39.3 Å². The van der Waals surface area contributed by atoms with E-state index in [9.17, 15) is 5.11 Å². The summed E-state index contributed by atoms with van der Waals surface area (Å²) in [6.07, 6.45) is -0.505. The number of halogens is 1. The number of hydrogen-bond acceptors (Lipinski definition) is 4. The standard InChI is InChI=1S/C16H27BrN2O2/c1-4-19(5-2)9-8-18-11-14(20)12-21-16-7-6-13(3)10-15(16)17/h6-7,10,14,18,20H,4-5,8-9,11-12H2,1-3H3. The van der Waals surface area contributed by atoms with Gasteiger partial charge in [-0.1, -0.05) is 19.9 Å². The van der Waals surface area contributed by atoms with Crippen LogP contribution in [0.1, 0.15) is 19.4 Å². The number of likely N-dealkylation sites (N-methyl/N-ethyl adjacent to an activating group) is 1. The molecule has 0 heterocycles. The summed E-state index contributed by atoms with van der Waals surface area (Å²) < 4.78 is 6.55. The van der Waals surface area contributed by atoms with Gasteiger partial charge in [0.2, 0.25) is 0 Å². The summed E-state index contributed by atoms with van der Waals surface area (Å²) in [5.41, 5.74) is 1.17. The van der Waals surface area contributed by atoms with Crippen LogP contribution in [0.3, 0.4) is 0 Å². The lowest BCUT2D eigenvalue weighted by atomic mass is 10.2. The largest absolute Gasteiger partial charge is 0.490 e. The number of rotatable bonds is 10. The molecule has 0 fully saturated rings. The van der Waals surface area contributed by atoms with Gasteiger partial charge in [0.1, 0.15) is 18.5 Å². The molecule has 0 aromatic heterocycles. The second-order valence-corrected chi connectivity index (χ2v) is 5.98. The summed E-state index contributed by atoms with van der Waals surface area (Å²) in [6.45, 7) is 11.2. The number of aliphatic hydroxyl groups is 1. The number of aliphatic hydroxyl groups excluding tert-OH is 1. The molecule has 1 rings (SSSR count). The number of aryl methyl sites for hydroxylation is 1. The first kappa shape index (κ1) is 18.4. The molecule has 0 saturated heterocycles. The molecule has 1 unspecified atom stereocenters. The molecule has 0 spiro atoms. The molecule has 0 aliphatic carbocycles. The fourth-order valence-corrected chi connectivity index (χ4v) is 2.62. The average Bonchev–Trinajstić information content (AvgIpc) is 2.46. The van der Waals surface area contributed by atoms with Crippen molar-refractivity contribution in [2.24, 2.45) is 0 Å². The van der Waals surface area contributed by atoms with Gasteiger partial charge in [-0.2, -0.15) is 0 Å². The molecular formula is C16H27BrN2O2. The van der Waals surface area contributed by atoms with Crippen LogP contribution in [0, 0.1) is 6.92 Å². The summed E-state index contributed by atoms with van der Waals surface area (Å²) in [4.78, 5) is 2.35. The molecule has 1 atom stereocenters. The van der Waals surface area contributed by atoms with Crippen LogP contribution in [0.15, 0.2) is 22.7 Å². The molecule has 2 N–H and O–H groups in total. The van der Waals surface area contributed by atoms with Crippen molar-refractivity contribution in [3.8, 4) is 5.75 Å². The second kappa shape index (κ2) is 10.2. The average molecular weight is 359 g/mol. The van der Waals surface area contributed by atoms with Gasteiger partial charge in [-0.05, 0) is 53.6 Å². The smallest absolute Gasteiger partial charge is 0.133 e. The van der Waals surface area contributed by atoms with Crippen molar-refractivity contribution < 1.29 is 9.84 Å². The zero-order valence-electron chi connectivity index (χ0n) is 13.2. The highest BCUT2D eigenvalue weighted by molar-refractivity contribution is 9.10. The number of nitrogens with zero attached hydrogens (tertiary/aromatic N) is 1. The molecule has 0 radical (unpaired) electrons. The minimum absolute atomic E-state index is 0.292. The maximum Gasteiger partial charge on any atom is 0.133 e. The first-order valence-corrected chi connectivity index (χ1v) is 8.36. The second-order valence-electron chi connectivity index (χ2n) is 5.13. The van der Waals surface area contributed by atoms with E-state index in [2.05, 4.69) is 40.0 Å². The SMILES string of the molecule is CCN(CC)CCNCC(O)COc1ccc(C)cc1Br.